The van der Waals surface area contributed by atoms with Gasteiger partial charge in [-0.05, 0) is 44.3 Å². The van der Waals surface area contributed by atoms with Gasteiger partial charge in [0.25, 0.3) is 0 Å². The third-order valence-corrected chi connectivity index (χ3v) is 9.42. The summed E-state index contributed by atoms with van der Waals surface area (Å²) in [7, 11) is 0. The Hall–Kier alpha value is -2.04. The second kappa shape index (κ2) is 6.23. The maximum Gasteiger partial charge on any atom is 0.120 e. The number of allylic oxidation sites excluding steroid dienone is 2. The molecule has 1 saturated carbocycles. The molecule has 1 fully saturated rings. The monoisotopic (exact) mass is 414 g/mol. The molecule has 2 aliphatic carbocycles. The third kappa shape index (κ3) is 2.39. The second-order valence-corrected chi connectivity index (χ2v) is 10.4. The van der Waals surface area contributed by atoms with Gasteiger partial charge in [-0.25, -0.2) is 0 Å². The molecule has 144 valence electrons. The maximum absolute atomic E-state index is 5.38. The van der Waals surface area contributed by atoms with Crippen LogP contribution >= 0.6 is 23.5 Å². The Morgan fingerprint density at radius 1 is 0.655 bits per heavy atom. The molecule has 2 unspecified atom stereocenters. The number of hydrogen-bond acceptors (Lipinski definition) is 4. The standard InChI is InChI=1S/C25H22N2S2/c1-24-20(28-22(26-24)16-10-5-3-6-11-16)18-14-9-15-19(18)21-25(24,2)27-23(29-21)17-12-7-4-8-13-17/h3-8,10-13H,9,14-15H2,1-2H3. The van der Waals surface area contributed by atoms with Crippen LogP contribution in [0.15, 0.2) is 91.6 Å². The van der Waals surface area contributed by atoms with Gasteiger partial charge in [-0.2, -0.15) is 0 Å². The normalized spacial score (nSPS) is 30.1. The van der Waals surface area contributed by atoms with Gasteiger partial charge >= 0.3 is 0 Å². The minimum absolute atomic E-state index is 0.328. The lowest BCUT2D eigenvalue weighted by Gasteiger charge is -2.42. The quantitative estimate of drug-likeness (QED) is 0.553. The minimum Gasteiger partial charge on any atom is -0.263 e. The molecule has 0 bridgehead atoms. The van der Waals surface area contributed by atoms with Crippen LogP contribution in [0.2, 0.25) is 0 Å². The summed E-state index contributed by atoms with van der Waals surface area (Å²) in [4.78, 5) is 13.6. The van der Waals surface area contributed by atoms with Crippen molar-refractivity contribution in [1.82, 2.24) is 0 Å². The van der Waals surface area contributed by atoms with Gasteiger partial charge in [-0.15, -0.1) is 0 Å². The molecule has 0 aromatic heterocycles. The van der Waals surface area contributed by atoms with Crippen molar-refractivity contribution < 1.29 is 0 Å². The highest BCUT2D eigenvalue weighted by Crippen LogP contribution is 2.64. The molecule has 0 saturated heterocycles. The number of thioether (sulfide) groups is 2. The average molecular weight is 415 g/mol. The lowest BCUT2D eigenvalue weighted by Crippen LogP contribution is -2.49. The van der Waals surface area contributed by atoms with E-state index < -0.39 is 0 Å². The molecule has 0 N–H and O–H groups in total. The molecule has 2 heterocycles. The largest absolute Gasteiger partial charge is 0.263 e. The molecule has 2 aromatic rings. The van der Waals surface area contributed by atoms with E-state index in [9.17, 15) is 0 Å². The minimum atomic E-state index is -0.328. The van der Waals surface area contributed by atoms with E-state index in [0.717, 1.165) is 10.1 Å². The number of nitrogens with zero attached hydrogens (tertiary/aromatic N) is 2. The van der Waals surface area contributed by atoms with Crippen molar-refractivity contribution in [1.29, 1.82) is 0 Å². The molecule has 0 amide bonds. The van der Waals surface area contributed by atoms with Crippen LogP contribution in [0.1, 0.15) is 44.2 Å². The predicted octanol–water partition coefficient (Wildman–Crippen LogP) is 6.60. The summed E-state index contributed by atoms with van der Waals surface area (Å²) >= 11 is 3.77. The Morgan fingerprint density at radius 3 is 1.48 bits per heavy atom. The Bertz CT molecular complexity index is 1050. The third-order valence-electron chi connectivity index (χ3n) is 6.69. The van der Waals surface area contributed by atoms with Gasteiger partial charge in [-0.1, -0.05) is 84.2 Å². The molecule has 2 atom stereocenters. The molecule has 4 heteroatoms. The zero-order valence-electron chi connectivity index (χ0n) is 16.6. The first-order valence-corrected chi connectivity index (χ1v) is 11.9. The summed E-state index contributed by atoms with van der Waals surface area (Å²) in [5.74, 6) is 0. The fourth-order valence-corrected chi connectivity index (χ4v) is 7.90. The zero-order valence-corrected chi connectivity index (χ0v) is 18.2. The van der Waals surface area contributed by atoms with Crippen molar-refractivity contribution in [2.45, 2.75) is 44.2 Å². The average Bonchev–Trinajstić information content (AvgIpc) is 3.45. The Labute approximate surface area is 180 Å². The van der Waals surface area contributed by atoms with E-state index in [4.69, 9.17) is 9.98 Å². The summed E-state index contributed by atoms with van der Waals surface area (Å²) in [6.45, 7) is 4.62. The molecular formula is C25H22N2S2. The molecular weight excluding hydrogens is 392 g/mol. The van der Waals surface area contributed by atoms with Gasteiger partial charge < -0.3 is 0 Å². The molecule has 29 heavy (non-hydrogen) atoms. The highest BCUT2D eigenvalue weighted by molar-refractivity contribution is 8.18. The van der Waals surface area contributed by atoms with E-state index >= 15 is 0 Å². The number of aliphatic imine (C=N–C) groups is 2. The van der Waals surface area contributed by atoms with Gasteiger partial charge in [0, 0.05) is 20.9 Å². The van der Waals surface area contributed by atoms with Gasteiger partial charge in [0.15, 0.2) is 0 Å². The summed E-state index contributed by atoms with van der Waals surface area (Å²) < 4.78 is 0. The summed E-state index contributed by atoms with van der Waals surface area (Å²) in [6, 6.07) is 21.2. The first-order chi connectivity index (χ1) is 14.1. The van der Waals surface area contributed by atoms with Crippen LogP contribution in [0.25, 0.3) is 0 Å². The van der Waals surface area contributed by atoms with Crippen molar-refractivity contribution in [2.75, 3.05) is 0 Å². The van der Waals surface area contributed by atoms with E-state index in [1.54, 1.807) is 11.1 Å². The smallest absolute Gasteiger partial charge is 0.120 e. The first kappa shape index (κ1) is 17.8. The van der Waals surface area contributed by atoms with Crippen molar-refractivity contribution in [3.05, 3.63) is 92.7 Å². The molecule has 4 aliphatic rings. The number of benzene rings is 2. The number of hydrogen-bond donors (Lipinski definition) is 0. The molecule has 0 radical (unpaired) electrons. The van der Waals surface area contributed by atoms with E-state index in [-0.39, 0.29) is 11.1 Å². The fraction of sp³-hybridized carbons (Fsp3) is 0.280. The van der Waals surface area contributed by atoms with Crippen molar-refractivity contribution >= 4 is 33.6 Å². The van der Waals surface area contributed by atoms with Gasteiger partial charge in [0.05, 0.1) is 0 Å². The lowest BCUT2D eigenvalue weighted by molar-refractivity contribution is 0.380. The number of fused-ring (bicyclic) bond motifs is 4. The van der Waals surface area contributed by atoms with Gasteiger partial charge in [0.1, 0.15) is 21.2 Å². The van der Waals surface area contributed by atoms with Crippen LogP contribution in [-0.2, 0) is 0 Å². The Morgan fingerprint density at radius 2 is 1.07 bits per heavy atom. The lowest BCUT2D eigenvalue weighted by atomic mass is 9.72. The Kier molecular flexibility index (Phi) is 3.82. The van der Waals surface area contributed by atoms with E-state index in [0.29, 0.717) is 0 Å². The predicted molar refractivity (Wildman–Crippen MR) is 126 cm³/mol. The van der Waals surface area contributed by atoms with Crippen LogP contribution in [0.5, 0.6) is 0 Å². The molecule has 0 spiro atoms. The topological polar surface area (TPSA) is 24.7 Å². The van der Waals surface area contributed by atoms with E-state index in [1.165, 1.54) is 40.2 Å². The molecule has 6 rings (SSSR count). The fourth-order valence-electron chi connectivity index (χ4n) is 4.97. The van der Waals surface area contributed by atoms with E-state index in [2.05, 4.69) is 74.5 Å². The summed E-state index contributed by atoms with van der Waals surface area (Å²) in [5, 5.41) is 2.27. The van der Waals surface area contributed by atoms with E-state index in [1.807, 2.05) is 23.5 Å². The van der Waals surface area contributed by atoms with Crippen LogP contribution in [0.3, 0.4) is 0 Å². The second-order valence-electron chi connectivity index (χ2n) is 8.38. The Balaban J connectivity index is 1.55. The summed E-state index contributed by atoms with van der Waals surface area (Å²) in [5.41, 5.74) is 4.87. The maximum atomic E-state index is 5.38. The SMILES string of the molecule is CC12N=C(c3ccccc3)SC1=C1CCCC1=C1SC(c3ccccc3)=NC12C. The summed E-state index contributed by atoms with van der Waals surface area (Å²) in [6.07, 6.45) is 3.59. The first-order valence-electron chi connectivity index (χ1n) is 10.2. The molecule has 2 aliphatic heterocycles. The van der Waals surface area contributed by atoms with Gasteiger partial charge in [0.2, 0.25) is 0 Å². The van der Waals surface area contributed by atoms with Crippen molar-refractivity contribution in [3.63, 3.8) is 0 Å². The van der Waals surface area contributed by atoms with Crippen LogP contribution in [-0.4, -0.2) is 21.2 Å². The number of rotatable bonds is 2. The van der Waals surface area contributed by atoms with Crippen LogP contribution in [0.4, 0.5) is 0 Å². The van der Waals surface area contributed by atoms with Crippen LogP contribution < -0.4 is 0 Å². The molecule has 2 aromatic carbocycles. The van der Waals surface area contributed by atoms with Crippen molar-refractivity contribution in [3.8, 4) is 0 Å². The van der Waals surface area contributed by atoms with Gasteiger partial charge in [-0.3, -0.25) is 9.98 Å². The highest BCUT2D eigenvalue weighted by atomic mass is 32.2. The highest BCUT2D eigenvalue weighted by Gasteiger charge is 2.60. The molecule has 2 nitrogen and oxygen atoms in total. The van der Waals surface area contributed by atoms with Crippen LogP contribution in [0, 0.1) is 0 Å². The van der Waals surface area contributed by atoms with Crippen molar-refractivity contribution in [2.24, 2.45) is 9.98 Å². The zero-order chi connectivity index (χ0) is 19.6.